The number of aryl methyl sites for hydroxylation is 2. The maximum atomic E-state index is 12.5. The maximum Gasteiger partial charge on any atom is 0.255 e. The molecule has 3 rings (SSSR count). The fourth-order valence-corrected chi connectivity index (χ4v) is 3.35. The monoisotopic (exact) mass is 352 g/mol. The molecule has 26 heavy (non-hydrogen) atoms. The lowest BCUT2D eigenvalue weighted by Gasteiger charge is -2.28. The second kappa shape index (κ2) is 7.60. The number of carbonyl (C=O) groups excluding carboxylic acids is 2. The molecular weight excluding hydrogens is 328 g/mol. The second-order valence-electron chi connectivity index (χ2n) is 6.72. The molecule has 2 amide bonds. The van der Waals surface area contributed by atoms with Crippen LogP contribution in [0.2, 0.25) is 0 Å². The van der Waals surface area contributed by atoms with Gasteiger partial charge in [-0.15, -0.1) is 0 Å². The first kappa shape index (κ1) is 18.0. The summed E-state index contributed by atoms with van der Waals surface area (Å²) in [6, 6.07) is 11.2. The number of hydrogen-bond donors (Lipinski definition) is 1. The van der Waals surface area contributed by atoms with E-state index in [-0.39, 0.29) is 11.8 Å². The van der Waals surface area contributed by atoms with E-state index in [4.69, 9.17) is 4.74 Å². The molecule has 5 heteroatoms. The van der Waals surface area contributed by atoms with E-state index in [1.54, 1.807) is 24.1 Å². The highest BCUT2D eigenvalue weighted by Crippen LogP contribution is 2.33. The van der Waals surface area contributed by atoms with Crippen molar-refractivity contribution in [3.05, 3.63) is 53.1 Å². The van der Waals surface area contributed by atoms with Gasteiger partial charge < -0.3 is 15.0 Å². The van der Waals surface area contributed by atoms with Crippen LogP contribution in [-0.2, 0) is 4.79 Å². The number of nitrogens with one attached hydrogen (secondary N) is 1. The van der Waals surface area contributed by atoms with Crippen molar-refractivity contribution in [2.75, 3.05) is 23.9 Å². The van der Waals surface area contributed by atoms with Crippen molar-refractivity contribution in [3.8, 4) is 5.75 Å². The minimum Gasteiger partial charge on any atom is -0.494 e. The van der Waals surface area contributed by atoms with Gasteiger partial charge in [0.2, 0.25) is 5.91 Å². The summed E-state index contributed by atoms with van der Waals surface area (Å²) in [4.78, 5) is 26.5. The van der Waals surface area contributed by atoms with Crippen LogP contribution >= 0.6 is 0 Å². The van der Waals surface area contributed by atoms with Crippen molar-refractivity contribution < 1.29 is 14.3 Å². The number of ether oxygens (including phenoxy) is 1. The van der Waals surface area contributed by atoms with E-state index < -0.39 is 0 Å². The zero-order chi connectivity index (χ0) is 18.7. The molecular formula is C21H24N2O3. The Labute approximate surface area is 154 Å². The third kappa shape index (κ3) is 3.87. The van der Waals surface area contributed by atoms with Crippen molar-refractivity contribution in [2.45, 2.75) is 33.1 Å². The standard InChI is InChI=1S/C21H24N2O3/c1-14-10-15(2)12-16(11-14)21(25)22-17-7-8-18(19(13-17)26-3)23-9-5-4-6-20(23)24/h7-8,10-13H,4-6,9H2,1-3H3,(H,22,25). The smallest absolute Gasteiger partial charge is 0.255 e. The van der Waals surface area contributed by atoms with Gasteiger partial charge in [-0.2, -0.15) is 0 Å². The Morgan fingerprint density at radius 3 is 2.46 bits per heavy atom. The van der Waals surface area contributed by atoms with Crippen molar-refractivity contribution in [1.82, 2.24) is 0 Å². The first-order chi connectivity index (χ1) is 12.5. The van der Waals surface area contributed by atoms with Crippen molar-refractivity contribution >= 4 is 23.2 Å². The molecule has 5 nitrogen and oxygen atoms in total. The highest BCUT2D eigenvalue weighted by atomic mass is 16.5. The quantitative estimate of drug-likeness (QED) is 0.902. The van der Waals surface area contributed by atoms with E-state index in [0.29, 0.717) is 30.0 Å². The first-order valence-corrected chi connectivity index (χ1v) is 8.86. The highest BCUT2D eigenvalue weighted by Gasteiger charge is 2.22. The fourth-order valence-electron chi connectivity index (χ4n) is 3.35. The molecule has 0 spiro atoms. The number of carbonyl (C=O) groups is 2. The molecule has 136 valence electrons. The third-order valence-electron chi connectivity index (χ3n) is 4.54. The highest BCUT2D eigenvalue weighted by molar-refractivity contribution is 6.05. The molecule has 0 bridgehead atoms. The molecule has 0 saturated carbocycles. The van der Waals surface area contributed by atoms with Crippen molar-refractivity contribution in [3.63, 3.8) is 0 Å². The van der Waals surface area contributed by atoms with Gasteiger partial charge >= 0.3 is 0 Å². The van der Waals surface area contributed by atoms with Gasteiger partial charge in [-0.1, -0.05) is 17.2 Å². The Morgan fingerprint density at radius 1 is 1.08 bits per heavy atom. The average Bonchev–Trinajstić information content (AvgIpc) is 2.61. The zero-order valence-corrected chi connectivity index (χ0v) is 15.5. The number of benzene rings is 2. The average molecular weight is 352 g/mol. The van der Waals surface area contributed by atoms with Crippen LogP contribution in [0.1, 0.15) is 40.7 Å². The molecule has 2 aromatic carbocycles. The Morgan fingerprint density at radius 2 is 1.81 bits per heavy atom. The number of hydrogen-bond acceptors (Lipinski definition) is 3. The summed E-state index contributed by atoms with van der Waals surface area (Å²) in [5, 5.41) is 2.91. The first-order valence-electron chi connectivity index (χ1n) is 8.86. The number of piperidine rings is 1. The van der Waals surface area contributed by atoms with Crippen LogP contribution < -0.4 is 15.0 Å². The number of anilines is 2. The van der Waals surface area contributed by atoms with Gasteiger partial charge in [0.15, 0.2) is 0 Å². The topological polar surface area (TPSA) is 58.6 Å². The molecule has 0 unspecified atom stereocenters. The lowest BCUT2D eigenvalue weighted by atomic mass is 10.1. The van der Waals surface area contributed by atoms with Crippen LogP contribution in [-0.4, -0.2) is 25.5 Å². The Bertz CT molecular complexity index is 825. The summed E-state index contributed by atoms with van der Waals surface area (Å²) in [7, 11) is 1.57. The Balaban J connectivity index is 1.83. The van der Waals surface area contributed by atoms with Gasteiger partial charge in [0, 0.05) is 30.3 Å². The summed E-state index contributed by atoms with van der Waals surface area (Å²) in [6.07, 6.45) is 2.48. The normalized spacial score (nSPS) is 14.3. The van der Waals surface area contributed by atoms with Gasteiger partial charge in [0.25, 0.3) is 5.91 Å². The fraction of sp³-hybridized carbons (Fsp3) is 0.333. The van der Waals surface area contributed by atoms with Gasteiger partial charge in [-0.3, -0.25) is 9.59 Å². The van der Waals surface area contributed by atoms with E-state index in [9.17, 15) is 9.59 Å². The molecule has 1 fully saturated rings. The largest absolute Gasteiger partial charge is 0.494 e. The molecule has 0 radical (unpaired) electrons. The van der Waals surface area contributed by atoms with Gasteiger partial charge in [0.1, 0.15) is 5.75 Å². The SMILES string of the molecule is COc1cc(NC(=O)c2cc(C)cc(C)c2)ccc1N1CCCCC1=O. The lowest BCUT2D eigenvalue weighted by Crippen LogP contribution is -2.35. The molecule has 2 aromatic rings. The van der Waals surface area contributed by atoms with E-state index in [2.05, 4.69) is 5.32 Å². The Hall–Kier alpha value is -2.82. The van der Waals surface area contributed by atoms with Crippen LogP contribution in [0.4, 0.5) is 11.4 Å². The molecule has 0 aromatic heterocycles. The third-order valence-corrected chi connectivity index (χ3v) is 4.54. The van der Waals surface area contributed by atoms with Crippen LogP contribution in [0.25, 0.3) is 0 Å². The summed E-state index contributed by atoms with van der Waals surface area (Å²) in [6.45, 7) is 4.64. The number of methoxy groups -OCH3 is 1. The molecule has 1 aliphatic heterocycles. The summed E-state index contributed by atoms with van der Waals surface area (Å²) < 4.78 is 5.47. The number of rotatable bonds is 4. The second-order valence-corrected chi connectivity index (χ2v) is 6.72. The van der Waals surface area contributed by atoms with E-state index in [0.717, 1.165) is 29.7 Å². The van der Waals surface area contributed by atoms with Gasteiger partial charge in [-0.05, 0) is 51.0 Å². The van der Waals surface area contributed by atoms with E-state index in [1.165, 1.54) is 0 Å². The molecule has 1 N–H and O–H groups in total. The summed E-state index contributed by atoms with van der Waals surface area (Å²) in [5.41, 5.74) is 4.11. The molecule has 1 saturated heterocycles. The molecule has 0 atom stereocenters. The minimum atomic E-state index is -0.166. The summed E-state index contributed by atoms with van der Waals surface area (Å²) >= 11 is 0. The number of nitrogens with zero attached hydrogens (tertiary/aromatic N) is 1. The van der Waals surface area contributed by atoms with Crippen LogP contribution in [0.15, 0.2) is 36.4 Å². The molecule has 1 aliphatic rings. The summed E-state index contributed by atoms with van der Waals surface area (Å²) in [5.74, 6) is 0.528. The van der Waals surface area contributed by atoms with Crippen molar-refractivity contribution in [2.24, 2.45) is 0 Å². The van der Waals surface area contributed by atoms with E-state index in [1.807, 2.05) is 38.1 Å². The zero-order valence-electron chi connectivity index (χ0n) is 15.5. The molecule has 1 heterocycles. The van der Waals surface area contributed by atoms with E-state index >= 15 is 0 Å². The van der Waals surface area contributed by atoms with Crippen LogP contribution in [0, 0.1) is 13.8 Å². The van der Waals surface area contributed by atoms with Crippen LogP contribution in [0.3, 0.4) is 0 Å². The van der Waals surface area contributed by atoms with Crippen molar-refractivity contribution in [1.29, 1.82) is 0 Å². The number of amides is 2. The predicted octanol–water partition coefficient (Wildman–Crippen LogP) is 4.08. The maximum absolute atomic E-state index is 12.5. The van der Waals surface area contributed by atoms with Crippen LogP contribution in [0.5, 0.6) is 5.75 Å². The van der Waals surface area contributed by atoms with Gasteiger partial charge in [0.05, 0.1) is 12.8 Å². The predicted molar refractivity (Wildman–Crippen MR) is 103 cm³/mol. The Kier molecular flexibility index (Phi) is 5.26. The lowest BCUT2D eigenvalue weighted by molar-refractivity contribution is -0.119. The minimum absolute atomic E-state index is 0.113. The van der Waals surface area contributed by atoms with Gasteiger partial charge in [-0.25, -0.2) is 0 Å². The molecule has 0 aliphatic carbocycles.